The maximum Gasteiger partial charge on any atom is 0.409 e. The maximum absolute atomic E-state index is 13.9. The highest BCUT2D eigenvalue weighted by Gasteiger charge is 2.49. The predicted molar refractivity (Wildman–Crippen MR) is 103 cm³/mol. The molecule has 3 N–H and O–H groups in total. The van der Waals surface area contributed by atoms with Crippen molar-refractivity contribution in [2.24, 2.45) is 5.92 Å². The first-order valence-electron chi connectivity index (χ1n) is 9.77. The molecule has 2 aliphatic rings. The van der Waals surface area contributed by atoms with E-state index in [2.05, 4.69) is 15.6 Å². The molecule has 1 aromatic heterocycles. The molecule has 2 atom stereocenters. The lowest BCUT2D eigenvalue weighted by Gasteiger charge is -2.27. The molecule has 8 nitrogen and oxygen atoms in total. The number of aryl methyl sites for hydroxylation is 1. The fourth-order valence-electron chi connectivity index (χ4n) is 3.19. The summed E-state index contributed by atoms with van der Waals surface area (Å²) >= 11 is 0. The maximum atomic E-state index is 13.9. The molecule has 0 saturated heterocycles. The molecular weight excluding hydrogens is 437 g/mol. The smallest absolute Gasteiger partial charge is 0.409 e. The van der Waals surface area contributed by atoms with E-state index in [-0.39, 0.29) is 17.4 Å². The van der Waals surface area contributed by atoms with Crippen LogP contribution in [0.2, 0.25) is 0 Å². The van der Waals surface area contributed by atoms with E-state index in [4.69, 9.17) is 0 Å². The van der Waals surface area contributed by atoms with Crippen LogP contribution >= 0.6 is 0 Å². The van der Waals surface area contributed by atoms with E-state index in [1.165, 1.54) is 13.0 Å². The van der Waals surface area contributed by atoms with Crippen molar-refractivity contribution in [1.29, 1.82) is 5.26 Å². The first-order chi connectivity index (χ1) is 14.3. The number of halogens is 3. The van der Waals surface area contributed by atoms with Gasteiger partial charge in [0.1, 0.15) is 23.0 Å². The van der Waals surface area contributed by atoms with Crippen molar-refractivity contribution in [2.75, 3.05) is 11.5 Å². The number of carbonyl (C=O) groups is 1. The van der Waals surface area contributed by atoms with Gasteiger partial charge in [0.15, 0.2) is 15.9 Å². The lowest BCUT2D eigenvalue weighted by atomic mass is 10.1. The summed E-state index contributed by atoms with van der Waals surface area (Å²) < 4.78 is 66.6. The van der Waals surface area contributed by atoms with E-state index in [9.17, 15) is 36.8 Å². The second-order valence-corrected chi connectivity index (χ2v) is 10.4. The fourth-order valence-corrected chi connectivity index (χ4v) is 5.13. The average Bonchev–Trinajstić information content (AvgIpc) is 3.57. The quantitative estimate of drug-likeness (QED) is 0.511. The molecule has 2 saturated carbocycles. The Morgan fingerprint density at radius 3 is 2.55 bits per heavy atom. The van der Waals surface area contributed by atoms with Crippen molar-refractivity contribution in [2.45, 2.75) is 56.4 Å². The molecule has 0 spiro atoms. The summed E-state index contributed by atoms with van der Waals surface area (Å²) in [6.45, 7) is 1.43. The van der Waals surface area contributed by atoms with Crippen LogP contribution in [0.5, 0.6) is 5.75 Å². The number of aromatic hydroxyl groups is 1. The van der Waals surface area contributed by atoms with Crippen LogP contribution < -0.4 is 10.6 Å². The number of rotatable bonds is 9. The first kappa shape index (κ1) is 23.3. The Balaban J connectivity index is 1.90. The number of hydrogen-bond donors (Lipinski definition) is 3. The monoisotopic (exact) mass is 460 g/mol. The molecule has 0 aromatic carbocycles. The zero-order valence-electron chi connectivity index (χ0n) is 16.7. The van der Waals surface area contributed by atoms with Crippen LogP contribution in [-0.4, -0.2) is 53.7 Å². The lowest BCUT2D eigenvalue weighted by molar-refractivity contribution is -0.161. The standard InChI is InChI=1S/C19H23F3N4O4S/c1-11-2-5-14(27)15(24-11)16(19(20,21)22)25-13(9-31(29,30)8-12-3-4-12)17(28)26-18(10-23)6-7-18/h2,5,12-13,16,25,27H,3-4,6-9H2,1H3,(H,26,28)/t13-,16-/m0/s1. The van der Waals surface area contributed by atoms with E-state index in [0.29, 0.717) is 25.7 Å². The number of amides is 1. The SMILES string of the molecule is Cc1ccc(O)c([C@H](N[C@@H](CS(=O)(=O)CC2CC2)C(=O)NC2(C#N)CC2)C(F)(F)F)n1. The van der Waals surface area contributed by atoms with Crippen molar-refractivity contribution in [1.82, 2.24) is 15.6 Å². The highest BCUT2D eigenvalue weighted by atomic mass is 32.2. The largest absolute Gasteiger partial charge is 0.506 e. The van der Waals surface area contributed by atoms with Gasteiger partial charge in [-0.15, -0.1) is 0 Å². The molecular formula is C19H23F3N4O4S. The fraction of sp³-hybridized carbons (Fsp3) is 0.632. The van der Waals surface area contributed by atoms with Gasteiger partial charge < -0.3 is 10.4 Å². The van der Waals surface area contributed by atoms with Gasteiger partial charge in [-0.25, -0.2) is 8.42 Å². The number of nitriles is 1. The van der Waals surface area contributed by atoms with Crippen molar-refractivity contribution in [3.63, 3.8) is 0 Å². The van der Waals surface area contributed by atoms with Crippen LogP contribution in [-0.2, 0) is 14.6 Å². The molecule has 0 bridgehead atoms. The van der Waals surface area contributed by atoms with Crippen LogP contribution in [0, 0.1) is 24.2 Å². The number of pyridine rings is 1. The summed E-state index contributed by atoms with van der Waals surface area (Å²) in [5.74, 6) is -2.89. The van der Waals surface area contributed by atoms with Gasteiger partial charge in [-0.2, -0.15) is 18.4 Å². The Hall–Kier alpha value is -2.39. The summed E-state index contributed by atoms with van der Waals surface area (Å²) in [6, 6.07) is -0.117. The van der Waals surface area contributed by atoms with Crippen LogP contribution in [0.15, 0.2) is 12.1 Å². The van der Waals surface area contributed by atoms with E-state index in [1.54, 1.807) is 0 Å². The summed E-state index contributed by atoms with van der Waals surface area (Å²) in [5, 5.41) is 23.5. The Labute approximate surface area is 177 Å². The summed E-state index contributed by atoms with van der Waals surface area (Å²) in [4.78, 5) is 16.5. The average molecular weight is 460 g/mol. The Morgan fingerprint density at radius 2 is 2.03 bits per heavy atom. The molecule has 3 rings (SSSR count). The molecule has 0 aliphatic heterocycles. The zero-order chi connectivity index (χ0) is 23.0. The van der Waals surface area contributed by atoms with Gasteiger partial charge >= 0.3 is 6.18 Å². The van der Waals surface area contributed by atoms with E-state index in [1.807, 2.05) is 6.07 Å². The predicted octanol–water partition coefficient (Wildman–Crippen LogP) is 1.65. The molecule has 1 aromatic rings. The summed E-state index contributed by atoms with van der Waals surface area (Å²) in [7, 11) is -3.85. The van der Waals surface area contributed by atoms with Gasteiger partial charge in [-0.05, 0) is 50.7 Å². The number of hydrogen-bond acceptors (Lipinski definition) is 7. The molecule has 31 heavy (non-hydrogen) atoms. The van der Waals surface area contributed by atoms with E-state index < -0.39 is 56.7 Å². The van der Waals surface area contributed by atoms with Crippen LogP contribution in [0.4, 0.5) is 13.2 Å². The Kier molecular flexibility index (Phi) is 6.21. The van der Waals surface area contributed by atoms with Gasteiger partial charge in [-0.3, -0.25) is 15.1 Å². The van der Waals surface area contributed by atoms with E-state index in [0.717, 1.165) is 6.07 Å². The second kappa shape index (κ2) is 8.27. The third-order valence-corrected chi connectivity index (χ3v) is 7.08. The normalized spacial score (nSPS) is 19.8. The highest BCUT2D eigenvalue weighted by molar-refractivity contribution is 7.91. The lowest BCUT2D eigenvalue weighted by Crippen LogP contribution is -2.54. The van der Waals surface area contributed by atoms with Gasteiger partial charge in [-0.1, -0.05) is 0 Å². The number of aromatic nitrogens is 1. The van der Waals surface area contributed by atoms with Gasteiger partial charge in [0.2, 0.25) is 5.91 Å². The van der Waals surface area contributed by atoms with E-state index >= 15 is 0 Å². The van der Waals surface area contributed by atoms with Crippen molar-refractivity contribution in [3.8, 4) is 11.8 Å². The molecule has 0 radical (unpaired) electrons. The van der Waals surface area contributed by atoms with Gasteiger partial charge in [0, 0.05) is 5.69 Å². The summed E-state index contributed by atoms with van der Waals surface area (Å²) in [5.41, 5.74) is -1.74. The molecule has 1 heterocycles. The molecule has 12 heteroatoms. The van der Waals surface area contributed by atoms with Crippen molar-refractivity contribution < 1.29 is 31.5 Å². The molecule has 2 fully saturated rings. The van der Waals surface area contributed by atoms with Crippen LogP contribution in [0.25, 0.3) is 0 Å². The number of nitrogens with one attached hydrogen (secondary N) is 2. The minimum atomic E-state index is -4.98. The summed E-state index contributed by atoms with van der Waals surface area (Å²) in [6.07, 6.45) is -2.89. The van der Waals surface area contributed by atoms with Crippen LogP contribution in [0.3, 0.4) is 0 Å². The molecule has 2 aliphatic carbocycles. The number of nitrogens with zero attached hydrogens (tertiary/aromatic N) is 2. The zero-order valence-corrected chi connectivity index (χ0v) is 17.6. The van der Waals surface area contributed by atoms with Crippen molar-refractivity contribution in [3.05, 3.63) is 23.5 Å². The Bertz CT molecular complexity index is 998. The number of carbonyl (C=O) groups excluding carboxylic acids is 1. The number of sulfone groups is 1. The number of alkyl halides is 3. The minimum Gasteiger partial charge on any atom is -0.506 e. The third kappa shape index (κ3) is 6.07. The minimum absolute atomic E-state index is 0.0523. The Morgan fingerprint density at radius 1 is 1.39 bits per heavy atom. The van der Waals surface area contributed by atoms with Crippen LogP contribution in [0.1, 0.15) is 43.1 Å². The third-order valence-electron chi connectivity index (χ3n) is 5.26. The molecule has 1 amide bonds. The topological polar surface area (TPSA) is 132 Å². The van der Waals surface area contributed by atoms with Gasteiger partial charge in [0.05, 0.1) is 17.6 Å². The van der Waals surface area contributed by atoms with Crippen molar-refractivity contribution >= 4 is 15.7 Å². The molecule has 170 valence electrons. The van der Waals surface area contributed by atoms with Gasteiger partial charge in [0.25, 0.3) is 0 Å². The molecule has 0 unspecified atom stereocenters. The first-order valence-corrected chi connectivity index (χ1v) is 11.6. The highest BCUT2D eigenvalue weighted by Crippen LogP contribution is 2.37. The second-order valence-electron chi connectivity index (χ2n) is 8.25.